The third kappa shape index (κ3) is 4.02. The fraction of sp³-hybridized carbons (Fsp3) is 0.400. The molecular formula is C20H20N3NaO7. The van der Waals surface area contributed by atoms with Crippen molar-refractivity contribution in [1.82, 2.24) is 15.1 Å². The normalized spacial score (nSPS) is 23.5. The molecule has 4 rings (SSSR count). The number of nitrogens with one attached hydrogen (secondary N) is 1. The minimum Gasteiger partial charge on any atom is -0.543 e. The number of nitrogens with zero attached hydrogens (tertiary/aromatic N) is 2. The largest absolute Gasteiger partial charge is 1.00 e. The number of likely N-dealkylation sites (tertiary alicyclic amines) is 1. The van der Waals surface area contributed by atoms with Crippen LogP contribution in [0.4, 0.5) is 4.79 Å². The van der Waals surface area contributed by atoms with Gasteiger partial charge in [-0.25, -0.2) is 4.79 Å². The number of aliphatic carboxylic acids is 1. The Bertz CT molecular complexity index is 962. The van der Waals surface area contributed by atoms with E-state index in [0.29, 0.717) is 18.5 Å². The number of carboxylic acids is 1. The number of phenolic OH excluding ortho intramolecular Hbond substituents is 1. The van der Waals surface area contributed by atoms with Crippen LogP contribution in [-0.4, -0.2) is 64.0 Å². The molecule has 3 amide bonds. The van der Waals surface area contributed by atoms with Crippen LogP contribution in [-0.2, 0) is 25.7 Å². The number of aromatic hydroxyl groups is 1. The van der Waals surface area contributed by atoms with E-state index in [1.165, 1.54) is 24.0 Å². The number of carbonyl (C=O) groups is 4. The molecule has 3 aliphatic heterocycles. The molecule has 3 aliphatic rings. The molecule has 0 aromatic heterocycles. The fourth-order valence-electron chi connectivity index (χ4n) is 4.51. The second-order valence-corrected chi connectivity index (χ2v) is 7.51. The van der Waals surface area contributed by atoms with E-state index < -0.39 is 30.1 Å². The minimum atomic E-state index is -1.51. The van der Waals surface area contributed by atoms with E-state index in [-0.39, 0.29) is 66.0 Å². The monoisotopic (exact) mass is 437 g/mol. The molecule has 0 saturated carbocycles. The number of phenols is 1. The second kappa shape index (κ2) is 8.89. The van der Waals surface area contributed by atoms with Gasteiger partial charge in [-0.05, 0) is 29.7 Å². The zero-order chi connectivity index (χ0) is 21.6. The van der Waals surface area contributed by atoms with Gasteiger partial charge in [0.05, 0.1) is 17.7 Å². The Balaban J connectivity index is 0.00000272. The van der Waals surface area contributed by atoms with Gasteiger partial charge >= 0.3 is 35.7 Å². The number of piperidine rings is 1. The summed E-state index contributed by atoms with van der Waals surface area (Å²) in [7, 11) is 0. The molecule has 2 fully saturated rings. The summed E-state index contributed by atoms with van der Waals surface area (Å²) in [5, 5.41) is 23.5. The van der Waals surface area contributed by atoms with Crippen LogP contribution in [0.1, 0.15) is 18.9 Å². The van der Waals surface area contributed by atoms with E-state index in [1.54, 1.807) is 12.1 Å². The van der Waals surface area contributed by atoms with Gasteiger partial charge < -0.3 is 34.9 Å². The van der Waals surface area contributed by atoms with Crippen molar-refractivity contribution in [2.45, 2.75) is 32.0 Å². The minimum absolute atomic E-state index is 0. The van der Waals surface area contributed by atoms with Gasteiger partial charge in [0.15, 0.2) is 0 Å². The van der Waals surface area contributed by atoms with Gasteiger partial charge in [0.1, 0.15) is 18.4 Å². The Hall–Kier alpha value is -2.56. The van der Waals surface area contributed by atoms with Gasteiger partial charge in [0, 0.05) is 25.9 Å². The maximum Gasteiger partial charge on any atom is 1.00 e. The topological polar surface area (TPSA) is 139 Å². The van der Waals surface area contributed by atoms with Gasteiger partial charge in [-0.15, -0.1) is 0 Å². The summed E-state index contributed by atoms with van der Waals surface area (Å²) in [4.78, 5) is 50.7. The predicted molar refractivity (Wildman–Crippen MR) is 98.2 cm³/mol. The van der Waals surface area contributed by atoms with Gasteiger partial charge in [0.25, 0.3) is 5.91 Å². The van der Waals surface area contributed by atoms with Crippen molar-refractivity contribution in [3.05, 3.63) is 41.1 Å². The molecule has 0 aliphatic carbocycles. The van der Waals surface area contributed by atoms with E-state index in [2.05, 4.69) is 5.32 Å². The zero-order valence-corrected chi connectivity index (χ0v) is 19.2. The average Bonchev–Trinajstić information content (AvgIpc) is 3.03. The smallest absolute Gasteiger partial charge is 0.543 e. The summed E-state index contributed by atoms with van der Waals surface area (Å²) < 4.78 is 5.21. The van der Waals surface area contributed by atoms with Crippen molar-refractivity contribution in [3.8, 4) is 5.75 Å². The summed E-state index contributed by atoms with van der Waals surface area (Å²) in [5.41, 5.74) is 0.816. The molecule has 2 N–H and O–H groups in total. The van der Waals surface area contributed by atoms with Crippen LogP contribution < -0.4 is 40.0 Å². The number of ether oxygens (including phenoxy) is 1. The maximum atomic E-state index is 12.5. The molecule has 11 heteroatoms. The van der Waals surface area contributed by atoms with Crippen molar-refractivity contribution < 1.29 is 63.7 Å². The van der Waals surface area contributed by atoms with E-state index in [4.69, 9.17) is 4.74 Å². The zero-order valence-electron chi connectivity index (χ0n) is 17.2. The summed E-state index contributed by atoms with van der Waals surface area (Å²) in [6.07, 6.45) is -0.277. The summed E-state index contributed by atoms with van der Waals surface area (Å²) >= 11 is 0. The van der Waals surface area contributed by atoms with Crippen LogP contribution >= 0.6 is 0 Å². The van der Waals surface area contributed by atoms with Crippen LogP contribution in [0.25, 0.3) is 0 Å². The van der Waals surface area contributed by atoms with Crippen LogP contribution in [0.5, 0.6) is 5.75 Å². The molecule has 3 atom stereocenters. The van der Waals surface area contributed by atoms with Crippen molar-refractivity contribution in [3.63, 3.8) is 0 Å². The summed E-state index contributed by atoms with van der Waals surface area (Å²) in [5.74, 6) is -2.39. The van der Waals surface area contributed by atoms with Crippen molar-refractivity contribution >= 4 is 23.9 Å². The van der Waals surface area contributed by atoms with Crippen molar-refractivity contribution in [1.29, 1.82) is 0 Å². The summed E-state index contributed by atoms with van der Waals surface area (Å²) in [6.45, 7) is 1.58. The molecule has 0 bridgehead atoms. The van der Waals surface area contributed by atoms with Crippen molar-refractivity contribution in [2.75, 3.05) is 13.2 Å². The van der Waals surface area contributed by atoms with Crippen LogP contribution in [0.2, 0.25) is 0 Å². The summed E-state index contributed by atoms with van der Waals surface area (Å²) in [6, 6.07) is 5.12. The molecule has 3 heterocycles. The number of β-lactam (4-membered cyclic amide) rings is 1. The Kier molecular flexibility index (Phi) is 6.63. The molecule has 0 spiro atoms. The number of hydrogen-bond acceptors (Lipinski definition) is 7. The van der Waals surface area contributed by atoms with Crippen LogP contribution in [0, 0.1) is 5.92 Å². The Morgan fingerprint density at radius 1 is 1.26 bits per heavy atom. The quantitative estimate of drug-likeness (QED) is 0.354. The third-order valence-electron chi connectivity index (χ3n) is 5.86. The first kappa shape index (κ1) is 23.1. The van der Waals surface area contributed by atoms with Crippen molar-refractivity contribution in [2.24, 2.45) is 5.92 Å². The first-order chi connectivity index (χ1) is 14.3. The van der Waals surface area contributed by atoms with Gasteiger partial charge in [-0.2, -0.15) is 0 Å². The average molecular weight is 437 g/mol. The molecule has 31 heavy (non-hydrogen) atoms. The fourth-order valence-corrected chi connectivity index (χ4v) is 4.51. The molecule has 1 unspecified atom stereocenters. The van der Waals surface area contributed by atoms with Crippen LogP contribution in [0.15, 0.2) is 35.5 Å². The number of hydrogen-bond donors (Lipinski definition) is 2. The molecule has 10 nitrogen and oxygen atoms in total. The first-order valence-corrected chi connectivity index (χ1v) is 9.52. The number of benzene rings is 1. The molecule has 1 aromatic carbocycles. The number of rotatable bonds is 5. The Morgan fingerprint density at radius 2 is 1.94 bits per heavy atom. The first-order valence-electron chi connectivity index (χ1n) is 9.52. The number of amides is 3. The molecule has 2 saturated heterocycles. The van der Waals surface area contributed by atoms with Gasteiger partial charge in [-0.1, -0.05) is 12.1 Å². The molecular weight excluding hydrogens is 417 g/mol. The Labute approximate surface area is 200 Å². The number of alkyl carbamates (subject to hydrolysis) is 1. The van der Waals surface area contributed by atoms with E-state index in [1.807, 2.05) is 0 Å². The van der Waals surface area contributed by atoms with E-state index in [9.17, 15) is 29.4 Å². The Morgan fingerprint density at radius 3 is 2.55 bits per heavy atom. The second-order valence-electron chi connectivity index (χ2n) is 7.51. The van der Waals surface area contributed by atoms with Gasteiger partial charge in [0.2, 0.25) is 5.91 Å². The molecule has 1 aromatic rings. The van der Waals surface area contributed by atoms with Gasteiger partial charge in [-0.3, -0.25) is 9.59 Å². The SMILES string of the molecule is CC(=O)N1CCC2C(COC(=O)NCc3ccc(O)cc3)=C(C(=O)[O-])N3C(=O)[C@@H]1[C@@H]23.[Na+]. The molecule has 0 radical (unpaired) electrons. The number of carboxylic acid groups (broad SMARTS) is 1. The van der Waals surface area contributed by atoms with E-state index >= 15 is 0 Å². The number of carbonyl (C=O) groups excluding carboxylic acids is 4. The van der Waals surface area contributed by atoms with Crippen LogP contribution in [0.3, 0.4) is 0 Å². The molecule has 158 valence electrons. The maximum absolute atomic E-state index is 12.5. The predicted octanol–water partition coefficient (Wildman–Crippen LogP) is -3.91. The standard InChI is InChI=1S/C20H21N3O7.Na/c1-10(24)22-7-6-13-14(16(19(27)28)23-15(13)17(22)18(23)26)9-30-20(29)21-8-11-2-4-12(25)5-3-11;/h2-5,13,15,17,25H,6-9H2,1H3,(H,21,29)(H,27,28);/q;+1/p-1/t13?,15-,17+;/m1./s1. The third-order valence-corrected chi connectivity index (χ3v) is 5.86. The van der Waals surface area contributed by atoms with E-state index in [0.717, 1.165) is 10.5 Å².